The number of rotatable bonds is 4. The van der Waals surface area contributed by atoms with E-state index in [1.807, 2.05) is 29.9 Å². The van der Waals surface area contributed by atoms with Crippen molar-refractivity contribution in [1.82, 2.24) is 20.3 Å². The second-order valence-corrected chi connectivity index (χ2v) is 6.31. The van der Waals surface area contributed by atoms with Crippen molar-refractivity contribution in [1.29, 1.82) is 0 Å². The van der Waals surface area contributed by atoms with E-state index in [4.69, 9.17) is 0 Å². The van der Waals surface area contributed by atoms with Crippen LogP contribution in [0.25, 0.3) is 21.3 Å². The highest BCUT2D eigenvalue weighted by molar-refractivity contribution is 7.13. The van der Waals surface area contributed by atoms with E-state index in [0.717, 1.165) is 34.4 Å². The number of ketones is 1. The maximum Gasteiger partial charge on any atom is 0.146 e. The molecule has 4 rings (SSSR count). The van der Waals surface area contributed by atoms with Gasteiger partial charge in [0.25, 0.3) is 0 Å². The van der Waals surface area contributed by atoms with Gasteiger partial charge < -0.3 is 5.32 Å². The normalized spacial score (nSPS) is 14.9. The number of Topliss-reactive ketones (excluding diaryl/α,β-unsaturated/α-hetero) is 1. The zero-order valence-electron chi connectivity index (χ0n) is 11.8. The molecule has 0 spiro atoms. The highest BCUT2D eigenvalue weighted by atomic mass is 32.1. The Morgan fingerprint density at radius 2 is 2.23 bits per heavy atom. The van der Waals surface area contributed by atoms with Gasteiger partial charge in [-0.3, -0.25) is 9.78 Å². The predicted molar refractivity (Wildman–Crippen MR) is 85.7 cm³/mol. The fraction of sp³-hybridized carbons (Fsp3) is 0.250. The van der Waals surface area contributed by atoms with E-state index in [-0.39, 0.29) is 11.7 Å². The van der Waals surface area contributed by atoms with Crippen LogP contribution in [0.4, 0.5) is 0 Å². The lowest BCUT2D eigenvalue weighted by molar-refractivity contribution is -0.123. The van der Waals surface area contributed by atoms with Crippen LogP contribution in [0.1, 0.15) is 5.82 Å². The first-order chi connectivity index (χ1) is 10.8. The molecule has 5 nitrogen and oxygen atoms in total. The van der Waals surface area contributed by atoms with Gasteiger partial charge in [-0.25, -0.2) is 9.97 Å². The Bertz CT molecular complexity index is 827. The summed E-state index contributed by atoms with van der Waals surface area (Å²) in [6, 6.07) is 6.08. The summed E-state index contributed by atoms with van der Waals surface area (Å²) in [5, 5.41) is 4.10. The summed E-state index contributed by atoms with van der Waals surface area (Å²) in [6.45, 7) is 1.56. The van der Waals surface area contributed by atoms with Crippen molar-refractivity contribution in [2.75, 3.05) is 13.1 Å². The van der Waals surface area contributed by atoms with Gasteiger partial charge in [-0.1, -0.05) is 12.1 Å². The molecule has 1 saturated heterocycles. The van der Waals surface area contributed by atoms with E-state index < -0.39 is 0 Å². The molecular formula is C16H14N4OS. The zero-order chi connectivity index (χ0) is 14.9. The lowest BCUT2D eigenvalue weighted by Gasteiger charge is -2.25. The lowest BCUT2D eigenvalue weighted by atomic mass is 9.96. The molecule has 110 valence electrons. The maximum absolute atomic E-state index is 12.1. The molecule has 1 aromatic carbocycles. The molecule has 1 fully saturated rings. The molecule has 6 heteroatoms. The monoisotopic (exact) mass is 310 g/mol. The Balaban J connectivity index is 1.65. The summed E-state index contributed by atoms with van der Waals surface area (Å²) >= 11 is 1.60. The average Bonchev–Trinajstić information content (AvgIpc) is 2.98. The Hall–Kier alpha value is -2.18. The van der Waals surface area contributed by atoms with E-state index >= 15 is 0 Å². The van der Waals surface area contributed by atoms with Crippen molar-refractivity contribution >= 4 is 28.0 Å². The van der Waals surface area contributed by atoms with Crippen LogP contribution in [-0.2, 0) is 11.2 Å². The Morgan fingerprint density at radius 1 is 1.32 bits per heavy atom. The van der Waals surface area contributed by atoms with Crippen molar-refractivity contribution in [2.45, 2.75) is 6.42 Å². The Labute approximate surface area is 131 Å². The number of nitrogens with one attached hydrogen (secondary N) is 1. The zero-order valence-corrected chi connectivity index (χ0v) is 12.6. The third-order valence-corrected chi connectivity index (χ3v) is 4.74. The van der Waals surface area contributed by atoms with Crippen molar-refractivity contribution in [2.24, 2.45) is 5.92 Å². The number of aromatic nitrogens is 3. The van der Waals surface area contributed by atoms with Gasteiger partial charge >= 0.3 is 0 Å². The molecule has 0 unspecified atom stereocenters. The van der Waals surface area contributed by atoms with Crippen molar-refractivity contribution in [3.05, 3.63) is 41.9 Å². The number of carbonyl (C=O) groups excluding carboxylic acids is 1. The van der Waals surface area contributed by atoms with Gasteiger partial charge in [0.15, 0.2) is 0 Å². The van der Waals surface area contributed by atoms with Crippen LogP contribution in [-0.4, -0.2) is 33.8 Å². The van der Waals surface area contributed by atoms with Crippen LogP contribution in [0.3, 0.4) is 0 Å². The van der Waals surface area contributed by atoms with E-state index in [1.165, 1.54) is 0 Å². The van der Waals surface area contributed by atoms with Crippen LogP contribution in [0.5, 0.6) is 0 Å². The molecule has 1 aliphatic heterocycles. The maximum atomic E-state index is 12.1. The minimum atomic E-state index is 0.128. The van der Waals surface area contributed by atoms with Crippen LogP contribution >= 0.6 is 11.3 Å². The summed E-state index contributed by atoms with van der Waals surface area (Å²) in [6.07, 6.45) is 3.95. The van der Waals surface area contributed by atoms with Gasteiger partial charge in [-0.15, -0.1) is 11.3 Å². The molecule has 0 aliphatic carbocycles. The van der Waals surface area contributed by atoms with Gasteiger partial charge in [0.05, 0.1) is 22.3 Å². The number of thiazole rings is 1. The Morgan fingerprint density at radius 3 is 2.95 bits per heavy atom. The number of hydrogen-bond acceptors (Lipinski definition) is 6. The Kier molecular flexibility index (Phi) is 3.40. The van der Waals surface area contributed by atoms with Gasteiger partial charge in [0, 0.05) is 36.8 Å². The summed E-state index contributed by atoms with van der Waals surface area (Å²) in [4.78, 5) is 26.2. The highest BCUT2D eigenvalue weighted by Crippen LogP contribution is 2.26. The number of hydrogen-bond donors (Lipinski definition) is 1. The second-order valence-electron chi connectivity index (χ2n) is 5.42. The molecule has 3 heterocycles. The fourth-order valence-corrected chi connectivity index (χ4v) is 3.09. The largest absolute Gasteiger partial charge is 0.315 e. The number of carbonyl (C=O) groups is 1. The minimum Gasteiger partial charge on any atom is -0.315 e. The summed E-state index contributed by atoms with van der Waals surface area (Å²) in [5.41, 5.74) is 3.78. The summed E-state index contributed by atoms with van der Waals surface area (Å²) in [7, 11) is 0. The average molecular weight is 310 g/mol. The van der Waals surface area contributed by atoms with E-state index in [9.17, 15) is 4.79 Å². The molecule has 0 bridgehead atoms. The van der Waals surface area contributed by atoms with Crippen LogP contribution in [0.15, 0.2) is 36.1 Å². The first-order valence-electron chi connectivity index (χ1n) is 7.17. The third kappa shape index (κ3) is 2.51. The molecule has 0 radical (unpaired) electrons. The van der Waals surface area contributed by atoms with E-state index in [1.54, 1.807) is 17.5 Å². The summed E-state index contributed by atoms with van der Waals surface area (Å²) < 4.78 is 0. The molecule has 1 N–H and O–H groups in total. The molecule has 0 amide bonds. The second kappa shape index (κ2) is 5.55. The summed E-state index contributed by atoms with van der Waals surface area (Å²) in [5.74, 6) is 0.949. The molecule has 2 aromatic heterocycles. The number of benzene rings is 1. The smallest absolute Gasteiger partial charge is 0.146 e. The van der Waals surface area contributed by atoms with Crippen molar-refractivity contribution in [3.63, 3.8) is 0 Å². The van der Waals surface area contributed by atoms with Gasteiger partial charge in [-0.05, 0) is 11.6 Å². The number of fused-ring (bicyclic) bond motifs is 1. The fourth-order valence-electron chi connectivity index (χ4n) is 2.47. The standard InChI is InChI=1S/C16H14N4OS/c21-14(12-5-17-6-12)4-16-19-7-11-2-1-10(3-13(11)20-16)15-8-18-9-22-15/h1-3,7-9,12,17H,4-6H2. The van der Waals surface area contributed by atoms with Crippen molar-refractivity contribution in [3.8, 4) is 10.4 Å². The predicted octanol–water partition coefficient (Wildman–Crippen LogP) is 2.08. The SMILES string of the molecule is O=C(Cc1ncc2ccc(-c3cncs3)cc2n1)C1CNC1. The molecule has 22 heavy (non-hydrogen) atoms. The van der Waals surface area contributed by atoms with E-state index in [0.29, 0.717) is 12.2 Å². The highest BCUT2D eigenvalue weighted by Gasteiger charge is 2.25. The van der Waals surface area contributed by atoms with Gasteiger partial charge in [0.2, 0.25) is 0 Å². The topological polar surface area (TPSA) is 67.8 Å². The molecule has 0 atom stereocenters. The van der Waals surface area contributed by atoms with Crippen molar-refractivity contribution < 1.29 is 4.79 Å². The van der Waals surface area contributed by atoms with E-state index in [2.05, 4.69) is 20.3 Å². The van der Waals surface area contributed by atoms with Gasteiger partial charge in [-0.2, -0.15) is 0 Å². The first-order valence-corrected chi connectivity index (χ1v) is 8.05. The first kappa shape index (κ1) is 13.5. The quantitative estimate of drug-likeness (QED) is 0.799. The molecule has 3 aromatic rings. The lowest BCUT2D eigenvalue weighted by Crippen LogP contribution is -2.47. The third-order valence-electron chi connectivity index (χ3n) is 3.92. The van der Waals surface area contributed by atoms with Crippen LogP contribution < -0.4 is 5.32 Å². The molecular weight excluding hydrogens is 296 g/mol. The molecule has 0 saturated carbocycles. The van der Waals surface area contributed by atoms with Crippen LogP contribution in [0, 0.1) is 5.92 Å². The van der Waals surface area contributed by atoms with Gasteiger partial charge in [0.1, 0.15) is 11.6 Å². The van der Waals surface area contributed by atoms with Crippen LogP contribution in [0.2, 0.25) is 0 Å². The molecule has 1 aliphatic rings. The number of nitrogens with zero attached hydrogens (tertiary/aromatic N) is 3. The minimum absolute atomic E-state index is 0.128.